The number of imide groups is 1. The summed E-state index contributed by atoms with van der Waals surface area (Å²) in [6, 6.07) is 19.7. The molecule has 38 heavy (non-hydrogen) atoms. The van der Waals surface area contributed by atoms with Crippen molar-refractivity contribution in [1.29, 1.82) is 0 Å². The first-order chi connectivity index (χ1) is 18.3. The molecule has 0 atom stereocenters. The Balaban J connectivity index is 1.40. The number of carbonyl (C=O) groups excluding carboxylic acids is 3. The van der Waals surface area contributed by atoms with Crippen molar-refractivity contribution in [3.8, 4) is 17.2 Å². The predicted octanol–water partition coefficient (Wildman–Crippen LogP) is 5.79. The monoisotopic (exact) mass is 552 g/mol. The van der Waals surface area contributed by atoms with E-state index in [1.54, 1.807) is 30.3 Å². The molecular weight excluding hydrogens is 528 g/mol. The van der Waals surface area contributed by atoms with E-state index in [4.69, 9.17) is 25.8 Å². The highest BCUT2D eigenvalue weighted by Crippen LogP contribution is 2.39. The molecule has 0 aromatic heterocycles. The van der Waals surface area contributed by atoms with E-state index in [0.29, 0.717) is 17.0 Å². The molecule has 0 spiro atoms. The molecule has 10 heteroatoms. The summed E-state index contributed by atoms with van der Waals surface area (Å²) >= 11 is 7.26. The highest BCUT2D eigenvalue weighted by molar-refractivity contribution is 8.18. The molecule has 1 fully saturated rings. The van der Waals surface area contributed by atoms with Gasteiger partial charge in [-0.15, -0.1) is 0 Å². The molecule has 1 heterocycles. The average molecular weight is 553 g/mol. The molecule has 0 radical (unpaired) electrons. The number of nitrogens with one attached hydrogen (secondary N) is 1. The van der Waals surface area contributed by atoms with Gasteiger partial charge in [-0.25, -0.2) is 0 Å². The number of rotatable bonds is 10. The maximum absolute atomic E-state index is 12.9. The van der Waals surface area contributed by atoms with Crippen molar-refractivity contribution in [3.63, 3.8) is 0 Å². The van der Waals surface area contributed by atoms with Crippen molar-refractivity contribution in [2.24, 2.45) is 0 Å². The van der Waals surface area contributed by atoms with Gasteiger partial charge in [-0.2, -0.15) is 0 Å². The van der Waals surface area contributed by atoms with E-state index in [0.717, 1.165) is 22.2 Å². The van der Waals surface area contributed by atoms with Crippen LogP contribution in [0.4, 0.5) is 10.5 Å². The topological polar surface area (TPSA) is 94.2 Å². The smallest absolute Gasteiger partial charge is 0.293 e. The number of methoxy groups -OCH3 is 1. The lowest BCUT2D eigenvalue weighted by atomic mass is 10.1. The third-order valence-corrected chi connectivity index (χ3v) is 6.59. The van der Waals surface area contributed by atoms with Crippen LogP contribution in [0.2, 0.25) is 5.02 Å². The summed E-state index contributed by atoms with van der Waals surface area (Å²) in [4.78, 5) is 39.0. The van der Waals surface area contributed by atoms with Gasteiger partial charge in [0.15, 0.2) is 18.1 Å². The largest absolute Gasteiger partial charge is 0.493 e. The van der Waals surface area contributed by atoms with E-state index < -0.39 is 5.91 Å². The van der Waals surface area contributed by atoms with E-state index in [9.17, 15) is 14.4 Å². The van der Waals surface area contributed by atoms with Crippen molar-refractivity contribution >= 4 is 52.2 Å². The van der Waals surface area contributed by atoms with Gasteiger partial charge in [0.1, 0.15) is 12.4 Å². The van der Waals surface area contributed by atoms with Crippen molar-refractivity contribution in [2.45, 2.75) is 6.92 Å². The number of thioether (sulfide) groups is 1. The molecule has 196 valence electrons. The van der Waals surface area contributed by atoms with E-state index in [2.05, 4.69) is 5.32 Å². The van der Waals surface area contributed by atoms with Crippen LogP contribution in [0.1, 0.15) is 11.1 Å². The van der Waals surface area contributed by atoms with E-state index >= 15 is 0 Å². The molecule has 3 aromatic carbocycles. The number of hydrogen-bond acceptors (Lipinski definition) is 7. The van der Waals surface area contributed by atoms with E-state index in [1.165, 1.54) is 7.11 Å². The van der Waals surface area contributed by atoms with Crippen LogP contribution in [-0.2, 0) is 9.59 Å². The van der Waals surface area contributed by atoms with Gasteiger partial charge < -0.3 is 19.5 Å². The number of hydrogen-bond donors (Lipinski definition) is 1. The zero-order chi connectivity index (χ0) is 27.1. The van der Waals surface area contributed by atoms with E-state index in [-0.39, 0.29) is 52.3 Å². The third-order valence-electron chi connectivity index (χ3n) is 5.40. The predicted molar refractivity (Wildman–Crippen MR) is 148 cm³/mol. The second kappa shape index (κ2) is 12.5. The van der Waals surface area contributed by atoms with Gasteiger partial charge in [0.05, 0.1) is 23.6 Å². The molecule has 1 aliphatic heterocycles. The lowest BCUT2D eigenvalue weighted by Crippen LogP contribution is -2.32. The first kappa shape index (κ1) is 27.1. The molecule has 1 saturated heterocycles. The molecule has 1 N–H and O–H groups in total. The second-order valence-corrected chi connectivity index (χ2v) is 9.64. The summed E-state index contributed by atoms with van der Waals surface area (Å²) in [5.74, 6) is 0.367. The zero-order valence-electron chi connectivity index (χ0n) is 20.7. The summed E-state index contributed by atoms with van der Waals surface area (Å²) in [6.45, 7) is 1.97. The molecular formula is C28H25ClN2O6S. The normalized spacial score (nSPS) is 14.1. The van der Waals surface area contributed by atoms with Gasteiger partial charge >= 0.3 is 0 Å². The summed E-state index contributed by atoms with van der Waals surface area (Å²) in [6.07, 6.45) is 1.56. The highest BCUT2D eigenvalue weighted by Gasteiger charge is 2.35. The van der Waals surface area contributed by atoms with Gasteiger partial charge in [-0.05, 0) is 72.3 Å². The van der Waals surface area contributed by atoms with Crippen LogP contribution in [-0.4, -0.2) is 48.8 Å². The molecule has 1 aliphatic rings. The molecule has 8 nitrogen and oxygen atoms in total. The Hall–Kier alpha value is -3.95. The fourth-order valence-electron chi connectivity index (χ4n) is 3.62. The van der Waals surface area contributed by atoms with Gasteiger partial charge in [-0.1, -0.05) is 41.9 Å². The lowest BCUT2D eigenvalue weighted by Gasteiger charge is -2.14. The molecule has 4 rings (SSSR count). The maximum Gasteiger partial charge on any atom is 0.293 e. The quantitative estimate of drug-likeness (QED) is 0.318. The van der Waals surface area contributed by atoms with Gasteiger partial charge in [0, 0.05) is 5.69 Å². The molecule has 0 aliphatic carbocycles. The lowest BCUT2D eigenvalue weighted by molar-refractivity contribution is -0.123. The number of ether oxygens (including phenoxy) is 3. The maximum atomic E-state index is 12.9. The number of nitrogens with zero attached hydrogens (tertiary/aromatic N) is 1. The van der Waals surface area contributed by atoms with Crippen molar-refractivity contribution in [2.75, 3.05) is 32.2 Å². The summed E-state index contributed by atoms with van der Waals surface area (Å²) in [7, 11) is 1.44. The fraction of sp³-hybridized carbons (Fsp3) is 0.179. The van der Waals surface area contributed by atoms with Crippen LogP contribution in [0, 0.1) is 6.92 Å². The van der Waals surface area contributed by atoms with Crippen molar-refractivity contribution in [1.82, 2.24) is 4.90 Å². The van der Waals surface area contributed by atoms with Crippen LogP contribution < -0.4 is 19.5 Å². The summed E-state index contributed by atoms with van der Waals surface area (Å²) < 4.78 is 16.7. The number of anilines is 1. The van der Waals surface area contributed by atoms with Crippen LogP contribution >= 0.6 is 23.4 Å². The third kappa shape index (κ3) is 6.87. The number of benzene rings is 3. The van der Waals surface area contributed by atoms with Gasteiger partial charge in [0.25, 0.3) is 17.1 Å². The molecule has 3 amide bonds. The number of aryl methyl sites for hydroxylation is 1. The summed E-state index contributed by atoms with van der Waals surface area (Å²) in [5, 5.41) is 2.54. The number of halogens is 1. The first-order valence-corrected chi connectivity index (χ1v) is 12.8. The average Bonchev–Trinajstić information content (AvgIpc) is 3.15. The number of amides is 3. The van der Waals surface area contributed by atoms with Crippen LogP contribution in [0.5, 0.6) is 17.2 Å². The molecule has 0 bridgehead atoms. The second-order valence-electron chi connectivity index (χ2n) is 8.24. The SMILES string of the molecule is COc1cc(/C=C2\SC(=O)N(CCOc3cccc(C)c3)C2=O)cc(Cl)c1OCC(=O)Nc1ccccc1. The minimum absolute atomic E-state index is 0.123. The van der Waals surface area contributed by atoms with Gasteiger partial charge in [0.2, 0.25) is 0 Å². The van der Waals surface area contributed by atoms with E-state index in [1.807, 2.05) is 49.4 Å². The Morgan fingerprint density at radius 3 is 2.58 bits per heavy atom. The van der Waals surface area contributed by atoms with Crippen molar-refractivity contribution < 1.29 is 28.6 Å². The standard InChI is InChI=1S/C28H25ClN2O6S/c1-18-7-6-10-21(13-18)36-12-11-31-27(33)24(38-28(31)34)16-19-14-22(29)26(23(15-19)35-2)37-17-25(32)30-20-8-4-3-5-9-20/h3-10,13-16H,11-12,17H2,1-2H3,(H,30,32)/b24-16-. The van der Waals surface area contributed by atoms with Crippen LogP contribution in [0.25, 0.3) is 6.08 Å². The number of carbonyl (C=O) groups is 3. The number of para-hydroxylation sites is 1. The Morgan fingerprint density at radius 2 is 1.84 bits per heavy atom. The Morgan fingerprint density at radius 1 is 1.05 bits per heavy atom. The van der Waals surface area contributed by atoms with Crippen LogP contribution in [0.3, 0.4) is 0 Å². The van der Waals surface area contributed by atoms with Crippen LogP contribution in [0.15, 0.2) is 71.6 Å². The first-order valence-electron chi connectivity index (χ1n) is 11.6. The fourth-order valence-corrected chi connectivity index (χ4v) is 4.76. The molecule has 3 aromatic rings. The Kier molecular flexibility index (Phi) is 8.93. The Labute approximate surface area is 229 Å². The Bertz CT molecular complexity index is 1380. The minimum atomic E-state index is -0.416. The zero-order valence-corrected chi connectivity index (χ0v) is 22.3. The molecule has 0 unspecified atom stereocenters. The van der Waals surface area contributed by atoms with Crippen molar-refractivity contribution in [3.05, 3.63) is 87.8 Å². The molecule has 0 saturated carbocycles. The van der Waals surface area contributed by atoms with Gasteiger partial charge in [-0.3, -0.25) is 19.3 Å². The summed E-state index contributed by atoms with van der Waals surface area (Å²) in [5.41, 5.74) is 2.23. The highest BCUT2D eigenvalue weighted by atomic mass is 35.5. The minimum Gasteiger partial charge on any atom is -0.493 e.